The summed E-state index contributed by atoms with van der Waals surface area (Å²) in [6, 6.07) is 13.4. The molecule has 0 fully saturated rings. The molecule has 0 bridgehead atoms. The van der Waals surface area contributed by atoms with Crippen LogP contribution in [0.2, 0.25) is 0 Å². The van der Waals surface area contributed by atoms with E-state index >= 15 is 0 Å². The van der Waals surface area contributed by atoms with E-state index in [4.69, 9.17) is 5.73 Å². The average molecular weight is 287 g/mol. The van der Waals surface area contributed by atoms with Gasteiger partial charge in [-0.1, -0.05) is 24.3 Å². The third kappa shape index (κ3) is 3.72. The summed E-state index contributed by atoms with van der Waals surface area (Å²) >= 11 is 0. The molecule has 0 heterocycles. The Morgan fingerprint density at radius 1 is 1.19 bits per heavy atom. The Labute approximate surface area is 123 Å². The van der Waals surface area contributed by atoms with E-state index in [0.717, 1.165) is 5.69 Å². The molecule has 0 radical (unpaired) electrons. The van der Waals surface area contributed by atoms with Crippen LogP contribution in [0.4, 0.5) is 21.5 Å². The number of amides is 1. The number of nitrogen functional groups attached to an aromatic ring is 1. The molecule has 110 valence electrons. The number of carbonyl (C=O) groups excluding carboxylic acids is 1. The van der Waals surface area contributed by atoms with E-state index in [9.17, 15) is 9.18 Å². The first-order valence-electron chi connectivity index (χ1n) is 6.75. The highest BCUT2D eigenvalue weighted by Gasteiger charge is 2.13. The third-order valence-corrected chi connectivity index (χ3v) is 3.14. The lowest BCUT2D eigenvalue weighted by Gasteiger charge is -2.23. The molecule has 5 heteroatoms. The number of nitrogens with two attached hydrogens (primary N) is 1. The second-order valence-corrected chi connectivity index (χ2v) is 4.60. The molecule has 4 nitrogen and oxygen atoms in total. The molecular formula is C16H18FN3O. The second-order valence-electron chi connectivity index (χ2n) is 4.60. The maximum atomic E-state index is 13.5. The number of rotatable bonds is 5. The summed E-state index contributed by atoms with van der Waals surface area (Å²) in [5.41, 5.74) is 7.50. The predicted octanol–water partition coefficient (Wildman–Crippen LogP) is 2.87. The van der Waals surface area contributed by atoms with Crippen molar-refractivity contribution in [3.8, 4) is 0 Å². The van der Waals surface area contributed by atoms with Crippen molar-refractivity contribution in [2.75, 3.05) is 29.0 Å². The number of hydrogen-bond donors (Lipinski definition) is 2. The number of anilines is 3. The van der Waals surface area contributed by atoms with Crippen LogP contribution in [0.3, 0.4) is 0 Å². The predicted molar refractivity (Wildman–Crippen MR) is 83.8 cm³/mol. The lowest BCUT2D eigenvalue weighted by atomic mass is 10.2. The first-order chi connectivity index (χ1) is 10.1. The molecule has 0 aliphatic heterocycles. The molecule has 2 rings (SSSR count). The van der Waals surface area contributed by atoms with Crippen LogP contribution >= 0.6 is 0 Å². The Bertz CT molecular complexity index is 630. The molecule has 0 unspecified atom stereocenters. The molecule has 0 aliphatic rings. The molecule has 3 N–H and O–H groups in total. The van der Waals surface area contributed by atoms with Crippen molar-refractivity contribution in [2.24, 2.45) is 0 Å². The van der Waals surface area contributed by atoms with Gasteiger partial charge in [0, 0.05) is 6.54 Å². The summed E-state index contributed by atoms with van der Waals surface area (Å²) in [6.45, 7) is 2.67. The van der Waals surface area contributed by atoms with Crippen LogP contribution in [-0.4, -0.2) is 19.0 Å². The highest BCUT2D eigenvalue weighted by molar-refractivity contribution is 5.94. The van der Waals surface area contributed by atoms with Crippen molar-refractivity contribution in [3.63, 3.8) is 0 Å². The van der Waals surface area contributed by atoms with Crippen LogP contribution in [0.25, 0.3) is 0 Å². The van der Waals surface area contributed by atoms with E-state index in [-0.39, 0.29) is 18.1 Å². The van der Waals surface area contributed by atoms with Crippen molar-refractivity contribution in [3.05, 3.63) is 54.3 Å². The van der Waals surface area contributed by atoms with Gasteiger partial charge in [0.1, 0.15) is 5.82 Å². The van der Waals surface area contributed by atoms with Gasteiger partial charge in [0.25, 0.3) is 0 Å². The number of nitrogens with one attached hydrogen (secondary N) is 1. The summed E-state index contributed by atoms with van der Waals surface area (Å²) in [6.07, 6.45) is 0. The molecule has 0 aliphatic carbocycles. The van der Waals surface area contributed by atoms with Crippen LogP contribution in [0.15, 0.2) is 48.5 Å². The fourth-order valence-electron chi connectivity index (χ4n) is 2.07. The molecule has 0 saturated heterocycles. The minimum absolute atomic E-state index is 0.110. The summed E-state index contributed by atoms with van der Waals surface area (Å²) < 4.78 is 13.5. The van der Waals surface area contributed by atoms with E-state index in [1.165, 1.54) is 12.1 Å². The second kappa shape index (κ2) is 6.74. The minimum Gasteiger partial charge on any atom is -0.397 e. The smallest absolute Gasteiger partial charge is 0.243 e. The first kappa shape index (κ1) is 14.8. The van der Waals surface area contributed by atoms with Gasteiger partial charge >= 0.3 is 0 Å². The van der Waals surface area contributed by atoms with Crippen molar-refractivity contribution in [1.82, 2.24) is 0 Å². The van der Waals surface area contributed by atoms with Crippen molar-refractivity contribution in [2.45, 2.75) is 6.92 Å². The normalized spacial score (nSPS) is 10.2. The molecule has 0 saturated carbocycles. The fourth-order valence-corrected chi connectivity index (χ4v) is 2.07. The zero-order valence-corrected chi connectivity index (χ0v) is 11.8. The number of nitrogens with zero attached hydrogens (tertiary/aromatic N) is 1. The highest BCUT2D eigenvalue weighted by Crippen LogP contribution is 2.22. The Hall–Kier alpha value is -2.56. The molecular weight excluding hydrogens is 269 g/mol. The third-order valence-electron chi connectivity index (χ3n) is 3.14. The number of para-hydroxylation sites is 3. The maximum Gasteiger partial charge on any atom is 0.243 e. The zero-order chi connectivity index (χ0) is 15.2. The summed E-state index contributed by atoms with van der Waals surface area (Å²) in [4.78, 5) is 13.9. The summed E-state index contributed by atoms with van der Waals surface area (Å²) in [7, 11) is 0. The van der Waals surface area contributed by atoms with E-state index in [1.54, 1.807) is 18.2 Å². The van der Waals surface area contributed by atoms with Crippen LogP contribution in [0.1, 0.15) is 6.92 Å². The van der Waals surface area contributed by atoms with Gasteiger partial charge in [-0.3, -0.25) is 4.79 Å². The molecule has 0 spiro atoms. The van der Waals surface area contributed by atoms with E-state index in [0.29, 0.717) is 12.2 Å². The van der Waals surface area contributed by atoms with Gasteiger partial charge < -0.3 is 16.0 Å². The largest absolute Gasteiger partial charge is 0.397 e. The van der Waals surface area contributed by atoms with Crippen molar-refractivity contribution >= 4 is 23.0 Å². The number of benzene rings is 2. The lowest BCUT2D eigenvalue weighted by Crippen LogP contribution is -2.33. The first-order valence-corrected chi connectivity index (χ1v) is 6.75. The van der Waals surface area contributed by atoms with Gasteiger partial charge in [0.05, 0.1) is 23.6 Å². The summed E-state index contributed by atoms with van der Waals surface area (Å²) in [5.74, 6) is -0.738. The average Bonchev–Trinajstić information content (AvgIpc) is 2.48. The fraction of sp³-hybridized carbons (Fsp3) is 0.188. The van der Waals surface area contributed by atoms with Gasteiger partial charge in [-0.25, -0.2) is 4.39 Å². The van der Waals surface area contributed by atoms with Crippen LogP contribution in [0, 0.1) is 5.82 Å². The molecule has 21 heavy (non-hydrogen) atoms. The quantitative estimate of drug-likeness (QED) is 0.831. The van der Waals surface area contributed by atoms with E-state index < -0.39 is 5.82 Å². The Morgan fingerprint density at radius 3 is 2.52 bits per heavy atom. The summed E-state index contributed by atoms with van der Waals surface area (Å²) in [5, 5.41) is 2.57. The molecule has 0 atom stereocenters. The zero-order valence-electron chi connectivity index (χ0n) is 11.8. The standard InChI is InChI=1S/C16H18FN3O/c1-2-20(15-10-6-4-8-13(15)18)11-16(21)19-14-9-5-3-7-12(14)17/h3-10H,2,11,18H2,1H3,(H,19,21). The van der Waals surface area contributed by atoms with Gasteiger partial charge in [-0.2, -0.15) is 0 Å². The van der Waals surface area contributed by atoms with E-state index in [2.05, 4.69) is 5.32 Å². The molecule has 0 aromatic heterocycles. The van der Waals surface area contributed by atoms with E-state index in [1.807, 2.05) is 30.0 Å². The molecule has 2 aromatic carbocycles. The van der Waals surface area contributed by atoms with Crippen molar-refractivity contribution < 1.29 is 9.18 Å². The molecule has 1 amide bonds. The Morgan fingerprint density at radius 2 is 1.86 bits per heavy atom. The van der Waals surface area contributed by atoms with Gasteiger partial charge in [-0.15, -0.1) is 0 Å². The highest BCUT2D eigenvalue weighted by atomic mass is 19.1. The lowest BCUT2D eigenvalue weighted by molar-refractivity contribution is -0.115. The van der Waals surface area contributed by atoms with Crippen LogP contribution < -0.4 is 16.0 Å². The Kier molecular flexibility index (Phi) is 4.77. The van der Waals surface area contributed by atoms with Gasteiger partial charge in [0.2, 0.25) is 5.91 Å². The van der Waals surface area contributed by atoms with Gasteiger partial charge in [0.15, 0.2) is 0 Å². The number of halogens is 1. The SMILES string of the molecule is CCN(CC(=O)Nc1ccccc1F)c1ccccc1N. The Balaban J connectivity index is 2.07. The maximum absolute atomic E-state index is 13.5. The number of hydrogen-bond acceptors (Lipinski definition) is 3. The minimum atomic E-state index is -0.451. The van der Waals surface area contributed by atoms with Crippen LogP contribution in [0.5, 0.6) is 0 Å². The monoisotopic (exact) mass is 287 g/mol. The van der Waals surface area contributed by atoms with Crippen molar-refractivity contribution in [1.29, 1.82) is 0 Å². The number of likely N-dealkylation sites (N-methyl/N-ethyl adjacent to an activating group) is 1. The van der Waals surface area contributed by atoms with Gasteiger partial charge in [-0.05, 0) is 31.2 Å². The molecule has 2 aromatic rings. The number of carbonyl (C=O) groups is 1. The van der Waals surface area contributed by atoms with Crippen LogP contribution in [-0.2, 0) is 4.79 Å². The topological polar surface area (TPSA) is 58.4 Å².